The molecule has 7 nitrogen and oxygen atoms in total. The number of nitrogens with zero attached hydrogens (tertiary/aromatic N) is 3. The van der Waals surface area contributed by atoms with Gasteiger partial charge in [-0.15, -0.1) is 0 Å². The van der Waals surface area contributed by atoms with Crippen LogP contribution in [-0.4, -0.2) is 38.3 Å². The second-order valence-corrected chi connectivity index (χ2v) is 11.1. The number of carboxylic acid groups (broad SMARTS) is 1. The summed E-state index contributed by atoms with van der Waals surface area (Å²) in [5.74, 6) is 1.19. The van der Waals surface area contributed by atoms with Gasteiger partial charge in [0.05, 0.1) is 29.2 Å². The SMILES string of the molecule is Cc1ccc(COc2cccc(C3CCC(Cc4nc5ccc(C(=O)O)cc5n4CC4CCO4)CC3)n2)c(F)c1. The molecule has 1 atom stereocenters. The van der Waals surface area contributed by atoms with E-state index < -0.39 is 5.97 Å². The molecule has 2 aliphatic rings. The van der Waals surface area contributed by atoms with Crippen LogP contribution in [0.5, 0.6) is 5.88 Å². The summed E-state index contributed by atoms with van der Waals surface area (Å²) in [6, 6.07) is 16.2. The van der Waals surface area contributed by atoms with Gasteiger partial charge in [-0.2, -0.15) is 0 Å². The Morgan fingerprint density at radius 3 is 2.62 bits per heavy atom. The number of halogens is 1. The van der Waals surface area contributed by atoms with E-state index in [1.165, 1.54) is 6.07 Å². The van der Waals surface area contributed by atoms with E-state index in [4.69, 9.17) is 19.4 Å². The molecule has 2 aromatic heterocycles. The van der Waals surface area contributed by atoms with E-state index in [0.29, 0.717) is 29.8 Å². The highest BCUT2D eigenvalue weighted by Gasteiger charge is 2.27. The molecular weight excluding hydrogens is 509 g/mol. The fourth-order valence-corrected chi connectivity index (χ4v) is 5.88. The van der Waals surface area contributed by atoms with E-state index in [2.05, 4.69) is 10.6 Å². The van der Waals surface area contributed by atoms with Crippen molar-refractivity contribution in [1.82, 2.24) is 14.5 Å². The minimum absolute atomic E-state index is 0.149. The van der Waals surface area contributed by atoms with E-state index in [9.17, 15) is 14.3 Å². The second-order valence-electron chi connectivity index (χ2n) is 11.1. The third-order valence-electron chi connectivity index (χ3n) is 8.32. The van der Waals surface area contributed by atoms with Gasteiger partial charge in [0.1, 0.15) is 18.2 Å². The molecule has 40 heavy (non-hydrogen) atoms. The first kappa shape index (κ1) is 26.4. The van der Waals surface area contributed by atoms with Crippen molar-refractivity contribution in [1.29, 1.82) is 0 Å². The van der Waals surface area contributed by atoms with Crippen LogP contribution in [0.3, 0.4) is 0 Å². The van der Waals surface area contributed by atoms with Crippen molar-refractivity contribution < 1.29 is 23.8 Å². The fourth-order valence-electron chi connectivity index (χ4n) is 5.88. The highest BCUT2D eigenvalue weighted by atomic mass is 19.1. The van der Waals surface area contributed by atoms with Crippen LogP contribution in [-0.2, 0) is 24.3 Å². The lowest BCUT2D eigenvalue weighted by molar-refractivity contribution is -0.0590. The molecule has 0 amide bonds. The van der Waals surface area contributed by atoms with Crippen molar-refractivity contribution in [3.05, 3.63) is 88.6 Å². The second kappa shape index (κ2) is 11.4. The van der Waals surface area contributed by atoms with Gasteiger partial charge >= 0.3 is 5.97 Å². The van der Waals surface area contributed by atoms with Crippen LogP contribution in [0.2, 0.25) is 0 Å². The maximum Gasteiger partial charge on any atom is 0.335 e. The number of hydrogen-bond acceptors (Lipinski definition) is 5. The number of aromatic carboxylic acids is 1. The molecule has 1 N–H and O–H groups in total. The number of pyridine rings is 1. The predicted octanol–water partition coefficient (Wildman–Crippen LogP) is 6.46. The van der Waals surface area contributed by atoms with Crippen LogP contribution < -0.4 is 4.74 Å². The van der Waals surface area contributed by atoms with Crippen LogP contribution >= 0.6 is 0 Å². The van der Waals surface area contributed by atoms with Gasteiger partial charge in [0.15, 0.2) is 0 Å². The summed E-state index contributed by atoms with van der Waals surface area (Å²) in [5, 5.41) is 9.50. The number of aryl methyl sites for hydroxylation is 1. The van der Waals surface area contributed by atoms with Crippen LogP contribution in [0.1, 0.15) is 71.0 Å². The molecule has 1 aliphatic heterocycles. The van der Waals surface area contributed by atoms with Gasteiger partial charge in [-0.3, -0.25) is 0 Å². The number of aromatic nitrogens is 3. The molecule has 2 aromatic carbocycles. The number of carboxylic acids is 1. The van der Waals surface area contributed by atoms with Crippen molar-refractivity contribution >= 4 is 17.0 Å². The number of hydrogen-bond donors (Lipinski definition) is 1. The van der Waals surface area contributed by atoms with E-state index >= 15 is 0 Å². The molecule has 0 spiro atoms. The Morgan fingerprint density at radius 2 is 1.90 bits per heavy atom. The maximum absolute atomic E-state index is 14.2. The van der Waals surface area contributed by atoms with Gasteiger partial charge in [-0.1, -0.05) is 18.2 Å². The molecule has 2 fully saturated rings. The summed E-state index contributed by atoms with van der Waals surface area (Å²) < 4.78 is 27.9. The Morgan fingerprint density at radius 1 is 1.07 bits per heavy atom. The van der Waals surface area contributed by atoms with Gasteiger partial charge < -0.3 is 19.1 Å². The maximum atomic E-state index is 14.2. The third kappa shape index (κ3) is 5.72. The summed E-state index contributed by atoms with van der Waals surface area (Å²) in [4.78, 5) is 21.3. The van der Waals surface area contributed by atoms with Crippen molar-refractivity contribution in [3.63, 3.8) is 0 Å². The molecule has 1 unspecified atom stereocenters. The molecule has 3 heterocycles. The van der Waals surface area contributed by atoms with Crippen molar-refractivity contribution in [2.45, 2.75) is 70.6 Å². The Labute approximate surface area is 233 Å². The Balaban J connectivity index is 1.11. The number of benzene rings is 2. The van der Waals surface area contributed by atoms with E-state index in [1.807, 2.05) is 31.2 Å². The van der Waals surface area contributed by atoms with Gasteiger partial charge in [0.25, 0.3) is 0 Å². The fraction of sp³-hybridized carbons (Fsp3) is 0.406. The summed E-state index contributed by atoms with van der Waals surface area (Å²) in [6.45, 7) is 3.49. The van der Waals surface area contributed by atoms with Crippen LogP contribution in [0, 0.1) is 18.7 Å². The summed E-state index contributed by atoms with van der Waals surface area (Å²) in [7, 11) is 0. The zero-order chi connectivity index (χ0) is 27.6. The molecule has 6 rings (SSSR count). The standard InChI is InChI=1S/C32H34FN3O4/c1-20-5-8-24(26(33)15-20)19-40-31-4-2-3-27(35-31)22-9-6-21(7-10-22)16-30-34-28-12-11-23(32(37)38)17-29(28)36(30)18-25-13-14-39-25/h2-5,8,11-12,15,17,21-22,25H,6-7,9-10,13-14,16,18-19H2,1H3,(H,37,38). The molecule has 1 saturated heterocycles. The predicted molar refractivity (Wildman–Crippen MR) is 149 cm³/mol. The number of fused-ring (bicyclic) bond motifs is 1. The number of carbonyl (C=O) groups is 1. The van der Waals surface area contributed by atoms with Crippen LogP contribution in [0.25, 0.3) is 11.0 Å². The monoisotopic (exact) mass is 543 g/mol. The largest absolute Gasteiger partial charge is 0.478 e. The highest BCUT2D eigenvalue weighted by molar-refractivity contribution is 5.92. The van der Waals surface area contributed by atoms with Gasteiger partial charge in [-0.25, -0.2) is 19.2 Å². The van der Waals surface area contributed by atoms with Gasteiger partial charge in [0, 0.05) is 36.3 Å². The average molecular weight is 544 g/mol. The molecule has 4 aromatic rings. The van der Waals surface area contributed by atoms with Crippen molar-refractivity contribution in [3.8, 4) is 5.88 Å². The topological polar surface area (TPSA) is 86.5 Å². The van der Waals surface area contributed by atoms with Crippen LogP contribution in [0.15, 0.2) is 54.6 Å². The van der Waals surface area contributed by atoms with Gasteiger partial charge in [0.2, 0.25) is 5.88 Å². The average Bonchev–Trinajstić information content (AvgIpc) is 3.26. The number of ether oxygens (including phenoxy) is 2. The van der Waals surface area contributed by atoms with E-state index in [1.54, 1.807) is 18.2 Å². The third-order valence-corrected chi connectivity index (χ3v) is 8.32. The normalized spacial score (nSPS) is 20.8. The first-order valence-electron chi connectivity index (χ1n) is 14.1. The lowest BCUT2D eigenvalue weighted by Gasteiger charge is -2.30. The lowest BCUT2D eigenvalue weighted by atomic mass is 9.79. The molecule has 8 heteroatoms. The molecule has 1 aliphatic carbocycles. The van der Waals surface area contributed by atoms with Crippen molar-refractivity contribution in [2.24, 2.45) is 5.92 Å². The Bertz CT molecular complexity index is 1520. The first-order chi connectivity index (χ1) is 19.4. The molecule has 208 valence electrons. The molecule has 0 bridgehead atoms. The van der Waals surface area contributed by atoms with Crippen LogP contribution in [0.4, 0.5) is 4.39 Å². The summed E-state index contributed by atoms with van der Waals surface area (Å²) >= 11 is 0. The molecule has 1 saturated carbocycles. The summed E-state index contributed by atoms with van der Waals surface area (Å²) in [6.07, 6.45) is 6.22. The zero-order valence-electron chi connectivity index (χ0n) is 22.7. The lowest BCUT2D eigenvalue weighted by Crippen LogP contribution is -2.32. The van der Waals surface area contributed by atoms with Gasteiger partial charge in [-0.05, 0) is 80.8 Å². The number of rotatable bonds is 9. The minimum atomic E-state index is -0.931. The first-order valence-corrected chi connectivity index (χ1v) is 14.1. The smallest absolute Gasteiger partial charge is 0.335 e. The van der Waals surface area contributed by atoms with E-state index in [-0.39, 0.29) is 24.1 Å². The molecular formula is C32H34FN3O4. The quantitative estimate of drug-likeness (QED) is 0.261. The number of imidazole rings is 1. The van der Waals surface area contributed by atoms with E-state index in [0.717, 1.165) is 73.2 Å². The van der Waals surface area contributed by atoms with Crippen molar-refractivity contribution in [2.75, 3.05) is 6.61 Å². The summed E-state index contributed by atoms with van der Waals surface area (Å²) in [5.41, 5.74) is 4.40. The Hall–Kier alpha value is -3.78. The molecule has 0 radical (unpaired) electrons. The highest BCUT2D eigenvalue weighted by Crippen LogP contribution is 2.37. The minimum Gasteiger partial charge on any atom is -0.478 e. The zero-order valence-corrected chi connectivity index (χ0v) is 22.7. The Kier molecular flexibility index (Phi) is 7.52.